The highest BCUT2D eigenvalue weighted by atomic mass is 16.7. The molecule has 0 saturated carbocycles. The van der Waals surface area contributed by atoms with E-state index in [-0.39, 0.29) is 11.2 Å². The molecule has 22 heavy (non-hydrogen) atoms. The molecular weight excluding hydrogens is 271 g/mol. The molecule has 0 radical (unpaired) electrons. The van der Waals surface area contributed by atoms with Crippen LogP contribution in [0.25, 0.3) is 0 Å². The molecule has 1 aromatic carbocycles. The smallest absolute Gasteiger partial charge is 0.392 e. The highest BCUT2D eigenvalue weighted by Crippen LogP contribution is 2.36. The van der Waals surface area contributed by atoms with Gasteiger partial charge in [0.25, 0.3) is 0 Å². The lowest BCUT2D eigenvalue weighted by Gasteiger charge is -2.32. The van der Waals surface area contributed by atoms with Crippen LogP contribution >= 0.6 is 0 Å². The van der Waals surface area contributed by atoms with E-state index in [9.17, 15) is 0 Å². The summed E-state index contributed by atoms with van der Waals surface area (Å²) in [5.41, 5.74) is 1.74. The van der Waals surface area contributed by atoms with Gasteiger partial charge in [-0.1, -0.05) is 43.6 Å². The van der Waals surface area contributed by atoms with Gasteiger partial charge in [0, 0.05) is 5.56 Å². The van der Waals surface area contributed by atoms with Crippen LogP contribution in [-0.2, 0) is 15.7 Å². The summed E-state index contributed by atoms with van der Waals surface area (Å²) in [6, 6.07) is 8.51. The predicted molar refractivity (Wildman–Crippen MR) is 92.6 cm³/mol. The van der Waals surface area contributed by atoms with Crippen molar-refractivity contribution in [2.75, 3.05) is 0 Å². The third kappa shape index (κ3) is 4.15. The quantitative estimate of drug-likeness (QED) is 0.466. The molecular formula is C19H27BO2. The molecule has 0 unspecified atom stereocenters. The van der Waals surface area contributed by atoms with E-state index in [0.717, 1.165) is 12.0 Å². The zero-order valence-corrected chi connectivity index (χ0v) is 14.5. The highest BCUT2D eigenvalue weighted by molar-refractivity contribution is 6.55. The molecule has 1 fully saturated rings. The van der Waals surface area contributed by atoms with Crippen molar-refractivity contribution >= 4 is 7.12 Å². The average molecular weight is 298 g/mol. The van der Waals surface area contributed by atoms with Crippen molar-refractivity contribution in [3.8, 4) is 11.7 Å². The van der Waals surface area contributed by atoms with Crippen LogP contribution < -0.4 is 0 Å². The number of rotatable bonds is 4. The Labute approximate surface area is 135 Å². The van der Waals surface area contributed by atoms with Gasteiger partial charge < -0.3 is 9.31 Å². The Kier molecular flexibility index (Phi) is 5.37. The second kappa shape index (κ2) is 6.90. The molecule has 0 aromatic heterocycles. The number of benzene rings is 1. The minimum atomic E-state index is -0.450. The fourth-order valence-electron chi connectivity index (χ4n) is 2.38. The van der Waals surface area contributed by atoms with E-state index >= 15 is 0 Å². The van der Waals surface area contributed by atoms with Gasteiger partial charge in [-0.15, -0.1) is 0 Å². The van der Waals surface area contributed by atoms with Gasteiger partial charge in [-0.2, -0.15) is 0 Å². The van der Waals surface area contributed by atoms with Gasteiger partial charge in [0.15, 0.2) is 0 Å². The predicted octanol–water partition coefficient (Wildman–Crippen LogP) is 4.40. The first-order valence-electron chi connectivity index (χ1n) is 8.30. The van der Waals surface area contributed by atoms with E-state index in [0.29, 0.717) is 0 Å². The van der Waals surface area contributed by atoms with Crippen LogP contribution in [0.4, 0.5) is 0 Å². The largest absolute Gasteiger partial charge is 0.551 e. The van der Waals surface area contributed by atoms with Crippen LogP contribution in [0.2, 0.25) is 0 Å². The van der Waals surface area contributed by atoms with E-state index in [4.69, 9.17) is 9.31 Å². The summed E-state index contributed by atoms with van der Waals surface area (Å²) < 4.78 is 11.8. The van der Waals surface area contributed by atoms with Crippen LogP contribution in [0, 0.1) is 11.7 Å². The van der Waals surface area contributed by atoms with Crippen LogP contribution in [0.3, 0.4) is 0 Å². The molecule has 2 rings (SSSR count). The molecule has 0 spiro atoms. The van der Waals surface area contributed by atoms with E-state index in [1.807, 2.05) is 27.7 Å². The molecule has 0 atom stereocenters. The molecule has 0 aliphatic carbocycles. The van der Waals surface area contributed by atoms with Gasteiger partial charge in [-0.3, -0.25) is 0 Å². The van der Waals surface area contributed by atoms with Crippen LogP contribution in [0.15, 0.2) is 24.3 Å². The molecule has 1 heterocycles. The Morgan fingerprint density at radius 1 is 0.955 bits per heavy atom. The fourth-order valence-corrected chi connectivity index (χ4v) is 2.38. The van der Waals surface area contributed by atoms with Gasteiger partial charge in [-0.25, -0.2) is 0 Å². The van der Waals surface area contributed by atoms with E-state index in [1.54, 1.807) is 0 Å². The Morgan fingerprint density at radius 3 is 2.09 bits per heavy atom. The van der Waals surface area contributed by atoms with Gasteiger partial charge in [0.1, 0.15) is 0 Å². The molecule has 0 N–H and O–H groups in total. The van der Waals surface area contributed by atoms with Crippen molar-refractivity contribution < 1.29 is 9.31 Å². The standard InChI is InChI=1S/C19H27BO2/c1-6-7-8-9-16-10-12-17(13-11-16)14-15-20-21-18(2,3)19(4,5)22-20/h10-13H,6-9H2,1-5H3. The fraction of sp³-hybridized carbons (Fsp3) is 0.579. The minimum absolute atomic E-state index is 0.324. The Bertz CT molecular complexity index is 533. The molecule has 2 nitrogen and oxygen atoms in total. The maximum atomic E-state index is 5.88. The summed E-state index contributed by atoms with van der Waals surface area (Å²) in [5.74, 6) is 6.24. The molecule has 0 amide bonds. The molecule has 118 valence electrons. The second-order valence-electron chi connectivity index (χ2n) is 7.01. The summed E-state index contributed by atoms with van der Waals surface area (Å²) in [6.07, 6.45) is 4.97. The summed E-state index contributed by atoms with van der Waals surface area (Å²) >= 11 is 0. The van der Waals surface area contributed by atoms with Gasteiger partial charge >= 0.3 is 7.12 Å². The Balaban J connectivity index is 1.95. The van der Waals surface area contributed by atoms with Crippen LogP contribution in [0.1, 0.15) is 65.0 Å². The number of aryl methyl sites for hydroxylation is 1. The van der Waals surface area contributed by atoms with E-state index in [2.05, 4.69) is 42.9 Å². The highest BCUT2D eigenvalue weighted by Gasteiger charge is 2.50. The lowest BCUT2D eigenvalue weighted by Crippen LogP contribution is -2.41. The van der Waals surface area contributed by atoms with Gasteiger partial charge in [0.2, 0.25) is 0 Å². The maximum absolute atomic E-state index is 5.88. The maximum Gasteiger partial charge on any atom is 0.551 e. The summed E-state index contributed by atoms with van der Waals surface area (Å²) in [4.78, 5) is 0. The molecule has 1 aromatic rings. The molecule has 1 saturated heterocycles. The minimum Gasteiger partial charge on any atom is -0.392 e. The first-order chi connectivity index (χ1) is 10.3. The SMILES string of the molecule is CCCCCc1ccc(C#CB2OC(C)(C)C(C)(C)O2)cc1. The van der Waals surface area contributed by atoms with Gasteiger partial charge in [0.05, 0.1) is 11.2 Å². The lowest BCUT2D eigenvalue weighted by atomic mass is 9.90. The summed E-state index contributed by atoms with van der Waals surface area (Å²) in [5, 5.41) is 0. The zero-order valence-electron chi connectivity index (χ0n) is 14.5. The second-order valence-corrected chi connectivity index (χ2v) is 7.01. The first-order valence-corrected chi connectivity index (χ1v) is 8.30. The normalized spacial score (nSPS) is 18.9. The van der Waals surface area contributed by atoms with Gasteiger partial charge in [-0.05, 0) is 58.2 Å². The zero-order chi connectivity index (χ0) is 16.2. The van der Waals surface area contributed by atoms with Crippen LogP contribution in [0.5, 0.6) is 0 Å². The summed E-state index contributed by atoms with van der Waals surface area (Å²) in [6.45, 7) is 10.4. The van der Waals surface area contributed by atoms with Crippen molar-refractivity contribution in [2.45, 2.75) is 71.5 Å². The summed E-state index contributed by atoms with van der Waals surface area (Å²) in [7, 11) is -0.450. The van der Waals surface area contributed by atoms with E-state index in [1.165, 1.54) is 24.8 Å². The number of hydrogen-bond donors (Lipinski definition) is 0. The lowest BCUT2D eigenvalue weighted by molar-refractivity contribution is 0.00578. The Morgan fingerprint density at radius 2 is 1.55 bits per heavy atom. The topological polar surface area (TPSA) is 18.5 Å². The molecule has 1 aliphatic rings. The number of unbranched alkanes of at least 4 members (excludes halogenated alkanes) is 2. The van der Waals surface area contributed by atoms with Crippen molar-refractivity contribution in [1.29, 1.82) is 0 Å². The molecule has 0 bridgehead atoms. The molecule has 3 heteroatoms. The monoisotopic (exact) mass is 298 g/mol. The Hall–Kier alpha value is -1.24. The molecule has 1 aliphatic heterocycles. The van der Waals surface area contributed by atoms with E-state index < -0.39 is 7.12 Å². The first kappa shape index (κ1) is 17.1. The average Bonchev–Trinajstić information content (AvgIpc) is 2.66. The third-order valence-corrected chi connectivity index (χ3v) is 4.61. The van der Waals surface area contributed by atoms with Crippen molar-refractivity contribution in [1.82, 2.24) is 0 Å². The van der Waals surface area contributed by atoms with Crippen molar-refractivity contribution in [3.63, 3.8) is 0 Å². The number of hydrogen-bond acceptors (Lipinski definition) is 2. The van der Waals surface area contributed by atoms with Crippen molar-refractivity contribution in [3.05, 3.63) is 35.4 Å². The van der Waals surface area contributed by atoms with Crippen LogP contribution in [-0.4, -0.2) is 18.3 Å². The third-order valence-electron chi connectivity index (χ3n) is 4.61. The van der Waals surface area contributed by atoms with Crippen molar-refractivity contribution in [2.24, 2.45) is 0 Å².